The van der Waals surface area contributed by atoms with Gasteiger partial charge in [-0.25, -0.2) is 4.98 Å². The van der Waals surface area contributed by atoms with E-state index in [9.17, 15) is 4.79 Å². The van der Waals surface area contributed by atoms with E-state index in [1.54, 1.807) is 12.5 Å². The largest absolute Gasteiger partial charge is 0.491 e. The molecule has 26 heavy (non-hydrogen) atoms. The zero-order valence-corrected chi connectivity index (χ0v) is 15.1. The number of imidazole rings is 1. The number of hydrogen-bond donors (Lipinski definition) is 1. The Kier molecular flexibility index (Phi) is 5.69. The van der Waals surface area contributed by atoms with Crippen LogP contribution in [0.2, 0.25) is 0 Å². The Morgan fingerprint density at radius 3 is 2.54 bits per heavy atom. The van der Waals surface area contributed by atoms with E-state index in [1.165, 1.54) is 5.56 Å². The number of hydrogen-bond acceptors (Lipinski definition) is 3. The first-order valence-electron chi connectivity index (χ1n) is 8.65. The van der Waals surface area contributed by atoms with Crippen LogP contribution in [-0.4, -0.2) is 28.1 Å². The molecule has 5 heteroatoms. The minimum absolute atomic E-state index is 0.0885. The Labute approximate surface area is 153 Å². The molecule has 0 spiro atoms. The minimum atomic E-state index is -0.0980. The zero-order chi connectivity index (χ0) is 18.4. The van der Waals surface area contributed by atoms with Crippen LogP contribution in [-0.2, 0) is 6.54 Å². The number of carbonyl (C=O) groups excluding carboxylic acids is 1. The number of ether oxygens (including phenoxy) is 1. The first-order chi connectivity index (χ1) is 12.6. The van der Waals surface area contributed by atoms with Gasteiger partial charge in [0.1, 0.15) is 12.4 Å². The number of carbonyl (C=O) groups is 1. The van der Waals surface area contributed by atoms with Gasteiger partial charge in [-0.05, 0) is 43.7 Å². The van der Waals surface area contributed by atoms with Crippen molar-refractivity contribution in [1.29, 1.82) is 0 Å². The van der Waals surface area contributed by atoms with Gasteiger partial charge in [-0.1, -0.05) is 29.8 Å². The highest BCUT2D eigenvalue weighted by atomic mass is 16.5. The molecule has 1 amide bonds. The molecule has 5 nitrogen and oxygen atoms in total. The molecule has 0 aliphatic rings. The van der Waals surface area contributed by atoms with Gasteiger partial charge in [0.2, 0.25) is 0 Å². The van der Waals surface area contributed by atoms with Crippen LogP contribution in [0.4, 0.5) is 0 Å². The molecular formula is C21H23N3O2. The third-order valence-corrected chi connectivity index (χ3v) is 4.04. The van der Waals surface area contributed by atoms with Gasteiger partial charge in [0.25, 0.3) is 5.91 Å². The Bertz CT molecular complexity index is 825. The van der Waals surface area contributed by atoms with Crippen molar-refractivity contribution in [2.45, 2.75) is 26.4 Å². The lowest BCUT2D eigenvalue weighted by atomic mass is 10.1. The van der Waals surface area contributed by atoms with Crippen LogP contribution in [0, 0.1) is 6.92 Å². The van der Waals surface area contributed by atoms with Gasteiger partial charge in [-0.2, -0.15) is 0 Å². The predicted molar refractivity (Wildman–Crippen MR) is 101 cm³/mol. The zero-order valence-electron chi connectivity index (χ0n) is 15.1. The molecule has 0 aliphatic carbocycles. The summed E-state index contributed by atoms with van der Waals surface area (Å²) in [7, 11) is 0. The highest BCUT2D eigenvalue weighted by Crippen LogP contribution is 2.12. The van der Waals surface area contributed by atoms with Gasteiger partial charge < -0.3 is 14.6 Å². The first-order valence-corrected chi connectivity index (χ1v) is 8.65. The predicted octanol–water partition coefficient (Wildman–Crippen LogP) is 3.44. The average Bonchev–Trinajstić information content (AvgIpc) is 3.15. The number of aromatic nitrogens is 2. The van der Waals surface area contributed by atoms with Gasteiger partial charge in [0.05, 0.1) is 12.4 Å². The second-order valence-corrected chi connectivity index (χ2v) is 6.43. The average molecular weight is 349 g/mol. The van der Waals surface area contributed by atoms with Crippen molar-refractivity contribution in [3.8, 4) is 5.75 Å². The molecule has 1 heterocycles. The van der Waals surface area contributed by atoms with Gasteiger partial charge in [-0.3, -0.25) is 4.79 Å². The van der Waals surface area contributed by atoms with E-state index in [0.29, 0.717) is 12.2 Å². The fraction of sp³-hybridized carbons (Fsp3) is 0.238. The van der Waals surface area contributed by atoms with Crippen molar-refractivity contribution < 1.29 is 9.53 Å². The van der Waals surface area contributed by atoms with E-state index in [-0.39, 0.29) is 11.9 Å². The molecule has 3 rings (SSSR count). The molecule has 0 saturated carbocycles. The summed E-state index contributed by atoms with van der Waals surface area (Å²) in [5, 5.41) is 2.96. The number of rotatable bonds is 7. The summed E-state index contributed by atoms with van der Waals surface area (Å²) in [5.74, 6) is 0.708. The lowest BCUT2D eigenvalue weighted by molar-refractivity contribution is 0.0926. The van der Waals surface area contributed by atoms with Crippen LogP contribution in [0.5, 0.6) is 5.75 Å². The molecule has 0 radical (unpaired) electrons. The third-order valence-electron chi connectivity index (χ3n) is 4.04. The van der Waals surface area contributed by atoms with Crippen molar-refractivity contribution in [2.75, 3.05) is 6.61 Å². The van der Waals surface area contributed by atoms with E-state index in [0.717, 1.165) is 17.9 Å². The molecule has 3 aromatic rings. The van der Waals surface area contributed by atoms with Crippen molar-refractivity contribution in [2.24, 2.45) is 0 Å². The molecule has 0 aliphatic heterocycles. The molecule has 0 bridgehead atoms. The summed E-state index contributed by atoms with van der Waals surface area (Å²) in [5.41, 5.74) is 2.95. The van der Waals surface area contributed by atoms with Gasteiger partial charge in [-0.15, -0.1) is 0 Å². The van der Waals surface area contributed by atoms with E-state index in [2.05, 4.69) is 10.3 Å². The summed E-state index contributed by atoms with van der Waals surface area (Å²) in [6.45, 7) is 5.13. The Morgan fingerprint density at radius 1 is 1.15 bits per heavy atom. The Hall–Kier alpha value is -3.08. The number of aryl methyl sites for hydroxylation is 1. The lowest BCUT2D eigenvalue weighted by Gasteiger charge is -2.15. The minimum Gasteiger partial charge on any atom is -0.491 e. The summed E-state index contributed by atoms with van der Waals surface area (Å²) >= 11 is 0. The molecule has 0 unspecified atom stereocenters. The molecule has 0 fully saturated rings. The standard InChI is InChI=1S/C21H23N3O2/c1-16-3-9-20(10-4-16)26-14-17(2)23-21(25)19-7-5-18(6-8-19)13-24-12-11-22-15-24/h3-12,15,17H,13-14H2,1-2H3,(H,23,25)/t17-/m1/s1. The van der Waals surface area contributed by atoms with E-state index >= 15 is 0 Å². The summed E-state index contributed by atoms with van der Waals surface area (Å²) in [6, 6.07) is 15.4. The van der Waals surface area contributed by atoms with Crippen LogP contribution in [0.25, 0.3) is 0 Å². The smallest absolute Gasteiger partial charge is 0.251 e. The fourth-order valence-corrected chi connectivity index (χ4v) is 2.56. The van der Waals surface area contributed by atoms with Crippen molar-refractivity contribution >= 4 is 5.91 Å². The maximum Gasteiger partial charge on any atom is 0.251 e. The van der Waals surface area contributed by atoms with Crippen LogP contribution in [0.3, 0.4) is 0 Å². The summed E-state index contributed by atoms with van der Waals surface area (Å²) < 4.78 is 7.70. The van der Waals surface area contributed by atoms with Crippen LogP contribution < -0.4 is 10.1 Å². The van der Waals surface area contributed by atoms with Crippen molar-refractivity contribution in [3.05, 3.63) is 83.9 Å². The quantitative estimate of drug-likeness (QED) is 0.711. The van der Waals surface area contributed by atoms with E-state index in [1.807, 2.05) is 73.1 Å². The van der Waals surface area contributed by atoms with Gasteiger partial charge in [0.15, 0.2) is 0 Å². The third kappa shape index (κ3) is 4.96. The lowest BCUT2D eigenvalue weighted by Crippen LogP contribution is -2.36. The SMILES string of the molecule is Cc1ccc(OC[C@@H](C)NC(=O)c2ccc(Cn3ccnc3)cc2)cc1. The van der Waals surface area contributed by atoms with Crippen LogP contribution in [0.1, 0.15) is 28.4 Å². The summed E-state index contributed by atoms with van der Waals surface area (Å²) in [6.07, 6.45) is 5.44. The number of nitrogens with one attached hydrogen (secondary N) is 1. The molecule has 1 N–H and O–H groups in total. The highest BCUT2D eigenvalue weighted by molar-refractivity contribution is 5.94. The number of amides is 1. The second-order valence-electron chi connectivity index (χ2n) is 6.43. The molecule has 2 aromatic carbocycles. The summed E-state index contributed by atoms with van der Waals surface area (Å²) in [4.78, 5) is 16.4. The highest BCUT2D eigenvalue weighted by Gasteiger charge is 2.10. The van der Waals surface area contributed by atoms with Crippen LogP contribution >= 0.6 is 0 Å². The maximum absolute atomic E-state index is 12.4. The second kappa shape index (κ2) is 8.34. The molecule has 134 valence electrons. The molecule has 1 aromatic heterocycles. The molecule has 0 saturated heterocycles. The van der Waals surface area contributed by atoms with E-state index in [4.69, 9.17) is 4.74 Å². The van der Waals surface area contributed by atoms with Crippen LogP contribution in [0.15, 0.2) is 67.3 Å². The fourth-order valence-electron chi connectivity index (χ4n) is 2.56. The van der Waals surface area contributed by atoms with E-state index < -0.39 is 0 Å². The maximum atomic E-state index is 12.4. The molecule has 1 atom stereocenters. The van der Waals surface area contributed by atoms with Crippen molar-refractivity contribution in [1.82, 2.24) is 14.9 Å². The normalized spacial score (nSPS) is 11.8. The Morgan fingerprint density at radius 2 is 1.88 bits per heavy atom. The van der Waals surface area contributed by atoms with Gasteiger partial charge >= 0.3 is 0 Å². The topological polar surface area (TPSA) is 56.1 Å². The number of benzene rings is 2. The first kappa shape index (κ1) is 17.7. The van der Waals surface area contributed by atoms with Crippen molar-refractivity contribution in [3.63, 3.8) is 0 Å². The molecular weight excluding hydrogens is 326 g/mol. The Balaban J connectivity index is 1.49. The number of nitrogens with zero attached hydrogens (tertiary/aromatic N) is 2. The van der Waals surface area contributed by atoms with Gasteiger partial charge in [0, 0.05) is 24.5 Å². The monoisotopic (exact) mass is 349 g/mol.